The Bertz CT molecular complexity index is 2440. The number of methoxy groups -OCH3 is 8. The van der Waals surface area contributed by atoms with E-state index in [1.54, 1.807) is 49.8 Å². The lowest BCUT2D eigenvalue weighted by Crippen LogP contribution is -2.52. The van der Waals surface area contributed by atoms with Gasteiger partial charge < -0.3 is 56.3 Å². The Morgan fingerprint density at radius 1 is 0.567 bits per heavy atom. The highest BCUT2D eigenvalue weighted by Crippen LogP contribution is 2.47. The van der Waals surface area contributed by atoms with Gasteiger partial charge in [0.05, 0.1) is 116 Å². The van der Waals surface area contributed by atoms with Crippen LogP contribution < -0.4 is 37.9 Å². The lowest BCUT2D eigenvalue weighted by Gasteiger charge is -2.46. The number of ether oxygens (including phenoxy) is 10. The van der Waals surface area contributed by atoms with E-state index in [2.05, 4.69) is 32.3 Å². The second kappa shape index (κ2) is 22.4. The smallest absolute Gasteiger partial charge is 0.331 e. The molecule has 4 atom stereocenters. The third-order valence-corrected chi connectivity index (χ3v) is 13.4. The molecule has 0 saturated carbocycles. The first-order valence-electron chi connectivity index (χ1n) is 22.4. The molecule has 0 aliphatic carbocycles. The van der Waals surface area contributed by atoms with Crippen LogP contribution in [0.3, 0.4) is 0 Å². The van der Waals surface area contributed by atoms with E-state index in [-0.39, 0.29) is 25.3 Å². The summed E-state index contributed by atoms with van der Waals surface area (Å²) in [6, 6.07) is 17.8. The van der Waals surface area contributed by atoms with Crippen molar-refractivity contribution < 1.29 is 70.7 Å². The minimum Gasteiger partial charge on any atom is -0.493 e. The van der Waals surface area contributed by atoms with Gasteiger partial charge in [-0.25, -0.2) is 9.59 Å². The largest absolute Gasteiger partial charge is 0.493 e. The Kier molecular flexibility index (Phi) is 16.7. The fourth-order valence-electron chi connectivity index (χ4n) is 9.88. The quantitative estimate of drug-likeness (QED) is 0.0261. The van der Waals surface area contributed by atoms with E-state index in [1.807, 2.05) is 36.4 Å². The van der Waals surface area contributed by atoms with Crippen molar-refractivity contribution in [2.75, 3.05) is 110 Å². The number of hydrogen-bond acceptors (Lipinski definition) is 13. The molecule has 4 unspecified atom stereocenters. The molecule has 15 nitrogen and oxygen atoms in total. The number of likely N-dealkylation sites (N-methyl/N-ethyl adjacent to an activating group) is 2. The van der Waals surface area contributed by atoms with Gasteiger partial charge in [-0.3, -0.25) is 4.79 Å². The van der Waals surface area contributed by atoms with Gasteiger partial charge in [-0.1, -0.05) is 6.07 Å². The van der Waals surface area contributed by atoms with Crippen molar-refractivity contribution in [1.29, 1.82) is 0 Å². The molecule has 0 fully saturated rings. The summed E-state index contributed by atoms with van der Waals surface area (Å²) < 4.78 is 57.5. The SMILES string of the molecule is COc1ccc(CC2c3cc(OC)c(OC)cc3CC[N+]2(C)CCCOC(=O)/C=C\C(=O)OCCC[N+]2(C)CCc3cc(OC)c(OC)cc3C2c2cc(C=O)c(OC)c(OC)c2)cc1OC. The number of quaternary nitrogens is 2. The van der Waals surface area contributed by atoms with Gasteiger partial charge in [0.1, 0.15) is 12.1 Å². The van der Waals surface area contributed by atoms with Crippen LogP contribution in [-0.2, 0) is 38.3 Å². The normalized spacial score (nSPS) is 19.6. The maximum absolute atomic E-state index is 12.8. The summed E-state index contributed by atoms with van der Waals surface area (Å²) in [5.74, 6) is 3.50. The van der Waals surface area contributed by atoms with Crippen molar-refractivity contribution in [3.63, 3.8) is 0 Å². The molecule has 0 spiro atoms. The van der Waals surface area contributed by atoms with Gasteiger partial charge in [0, 0.05) is 60.9 Å². The molecule has 67 heavy (non-hydrogen) atoms. The number of benzene rings is 4. The minimum atomic E-state index is -0.636. The number of hydrogen-bond donors (Lipinski definition) is 0. The molecular weight excluding hydrogens is 861 g/mol. The molecule has 0 N–H and O–H groups in total. The fourth-order valence-corrected chi connectivity index (χ4v) is 9.88. The first-order chi connectivity index (χ1) is 32.3. The lowest BCUT2D eigenvalue weighted by atomic mass is 9.85. The minimum absolute atomic E-state index is 0.0575. The highest BCUT2D eigenvalue weighted by Gasteiger charge is 2.42. The van der Waals surface area contributed by atoms with Crippen LogP contribution in [0.2, 0.25) is 0 Å². The Labute approximate surface area is 394 Å². The molecule has 0 bridgehead atoms. The van der Waals surface area contributed by atoms with Crippen LogP contribution in [0.5, 0.6) is 46.0 Å². The summed E-state index contributed by atoms with van der Waals surface area (Å²) in [5, 5.41) is 0. The van der Waals surface area contributed by atoms with Gasteiger partial charge >= 0.3 is 11.9 Å². The number of carbonyl (C=O) groups excluding carboxylic acids is 3. The van der Waals surface area contributed by atoms with Crippen molar-refractivity contribution >= 4 is 18.2 Å². The second-order valence-electron chi connectivity index (χ2n) is 17.3. The summed E-state index contributed by atoms with van der Waals surface area (Å²) in [5.41, 5.74) is 6.87. The predicted molar refractivity (Wildman–Crippen MR) is 251 cm³/mol. The second-order valence-corrected chi connectivity index (χ2v) is 17.3. The Morgan fingerprint density at radius 3 is 1.60 bits per heavy atom. The number of aldehydes is 1. The van der Waals surface area contributed by atoms with Gasteiger partial charge in [0.2, 0.25) is 0 Å². The molecule has 0 saturated heterocycles. The highest BCUT2D eigenvalue weighted by atomic mass is 16.5. The van der Waals surface area contributed by atoms with Gasteiger partial charge in [-0.15, -0.1) is 0 Å². The molecule has 360 valence electrons. The van der Waals surface area contributed by atoms with Crippen LogP contribution in [0, 0.1) is 0 Å². The molecule has 0 aromatic heterocycles. The molecular formula is C52H66N2O13+2. The standard InChI is InChI=1S/C52H66N2O13/c1-53(21-17-35-28-44(60-5)46(62-7)31-39(35)41(53)25-34-13-14-42(58-3)43(26-34)59-4)19-11-23-66-49(56)15-16-50(57)67-24-12-20-54(2)22-18-36-29-45(61-6)47(63-8)32-40(36)51(54)37-27-38(33-55)52(65-10)48(30-37)64-9/h13-16,26-33,41,51H,11-12,17-25H2,1-10H3/q+2/b16-15-. The zero-order valence-electron chi connectivity index (χ0n) is 40.6. The van der Waals surface area contributed by atoms with E-state index in [9.17, 15) is 14.4 Å². The van der Waals surface area contributed by atoms with Gasteiger partial charge in [0.15, 0.2) is 52.3 Å². The van der Waals surface area contributed by atoms with Crippen LogP contribution in [0.25, 0.3) is 0 Å². The maximum atomic E-state index is 12.8. The van der Waals surface area contributed by atoms with Crippen LogP contribution in [-0.4, -0.2) is 138 Å². The average Bonchev–Trinajstić information content (AvgIpc) is 3.35. The summed E-state index contributed by atoms with van der Waals surface area (Å²) in [6.45, 7) is 3.30. The third kappa shape index (κ3) is 11.1. The number of carbonyl (C=O) groups is 3. The van der Waals surface area contributed by atoms with Gasteiger partial charge in [-0.2, -0.15) is 0 Å². The molecule has 4 aromatic rings. The summed E-state index contributed by atoms with van der Waals surface area (Å²) in [7, 11) is 17.2. The van der Waals surface area contributed by atoms with Crippen LogP contribution in [0.4, 0.5) is 0 Å². The molecule has 2 heterocycles. The molecule has 2 aliphatic heterocycles. The molecule has 15 heteroatoms. The fraction of sp³-hybridized carbons (Fsp3) is 0.442. The summed E-state index contributed by atoms with van der Waals surface area (Å²) in [6.07, 6.45) is 6.46. The van der Waals surface area contributed by atoms with E-state index in [4.69, 9.17) is 47.4 Å². The zero-order chi connectivity index (χ0) is 48.3. The first kappa shape index (κ1) is 50.0. The Morgan fingerprint density at radius 2 is 1.06 bits per heavy atom. The number of esters is 2. The molecule has 0 amide bonds. The number of nitrogens with zero attached hydrogens (tertiary/aromatic N) is 2. The number of rotatable bonds is 22. The van der Waals surface area contributed by atoms with Crippen LogP contribution >= 0.6 is 0 Å². The lowest BCUT2D eigenvalue weighted by molar-refractivity contribution is -0.941. The topological polar surface area (TPSA) is 144 Å². The number of fused-ring (bicyclic) bond motifs is 2. The van der Waals surface area contributed by atoms with Gasteiger partial charge in [0.25, 0.3) is 0 Å². The van der Waals surface area contributed by atoms with E-state index >= 15 is 0 Å². The van der Waals surface area contributed by atoms with Crippen molar-refractivity contribution in [3.05, 3.63) is 106 Å². The van der Waals surface area contributed by atoms with Crippen molar-refractivity contribution in [2.45, 2.75) is 44.2 Å². The average molecular weight is 927 g/mol. The molecule has 4 aromatic carbocycles. The Hall–Kier alpha value is -6.45. The third-order valence-electron chi connectivity index (χ3n) is 13.4. The van der Waals surface area contributed by atoms with Crippen molar-refractivity contribution in [2.24, 2.45) is 0 Å². The Balaban J connectivity index is 1.07. The van der Waals surface area contributed by atoms with E-state index < -0.39 is 11.9 Å². The van der Waals surface area contributed by atoms with Crippen molar-refractivity contribution in [1.82, 2.24) is 0 Å². The summed E-state index contributed by atoms with van der Waals surface area (Å²) >= 11 is 0. The van der Waals surface area contributed by atoms with E-state index in [1.165, 1.54) is 18.2 Å². The zero-order valence-corrected chi connectivity index (χ0v) is 40.6. The van der Waals surface area contributed by atoms with Crippen LogP contribution in [0.15, 0.2) is 66.7 Å². The van der Waals surface area contributed by atoms with E-state index in [0.29, 0.717) is 79.9 Å². The maximum Gasteiger partial charge on any atom is 0.331 e. The van der Waals surface area contributed by atoms with E-state index in [0.717, 1.165) is 79.6 Å². The van der Waals surface area contributed by atoms with Crippen molar-refractivity contribution in [3.8, 4) is 46.0 Å². The van der Waals surface area contributed by atoms with Gasteiger partial charge in [-0.05, 0) is 65.2 Å². The monoisotopic (exact) mass is 926 g/mol. The summed E-state index contributed by atoms with van der Waals surface area (Å²) in [4.78, 5) is 38.0. The molecule has 2 aliphatic rings. The predicted octanol–water partition coefficient (Wildman–Crippen LogP) is 7.07. The van der Waals surface area contributed by atoms with Crippen LogP contribution in [0.1, 0.15) is 68.7 Å². The molecule has 6 rings (SSSR count). The first-order valence-corrected chi connectivity index (χ1v) is 22.4. The highest BCUT2D eigenvalue weighted by molar-refractivity contribution is 5.91. The molecule has 0 radical (unpaired) electrons.